The summed E-state index contributed by atoms with van der Waals surface area (Å²) in [5, 5.41) is 5.21. The third-order valence-electron chi connectivity index (χ3n) is 7.24. The van der Waals surface area contributed by atoms with Gasteiger partial charge >= 0.3 is 6.03 Å². The van der Waals surface area contributed by atoms with E-state index in [0.717, 1.165) is 37.9 Å². The molecular weight excluding hydrogens is 406 g/mol. The second-order valence-electron chi connectivity index (χ2n) is 9.27. The number of benzene rings is 1. The van der Waals surface area contributed by atoms with Gasteiger partial charge in [-0.15, -0.1) is 0 Å². The number of hydrazine groups is 1. The zero-order chi connectivity index (χ0) is 22.2. The summed E-state index contributed by atoms with van der Waals surface area (Å²) in [7, 11) is 4.32. The number of rotatable bonds is 5. The molecule has 1 aromatic heterocycles. The van der Waals surface area contributed by atoms with E-state index in [9.17, 15) is 4.79 Å². The van der Waals surface area contributed by atoms with Crippen LogP contribution in [0.3, 0.4) is 0 Å². The average Bonchev–Trinajstić information content (AvgIpc) is 3.43. The first-order valence-corrected chi connectivity index (χ1v) is 11.2. The van der Waals surface area contributed by atoms with Crippen molar-refractivity contribution in [3.63, 3.8) is 0 Å². The lowest BCUT2D eigenvalue weighted by atomic mass is 9.69. The van der Waals surface area contributed by atoms with Crippen molar-refractivity contribution < 1.29 is 9.53 Å². The van der Waals surface area contributed by atoms with Gasteiger partial charge in [0, 0.05) is 12.1 Å². The predicted molar refractivity (Wildman–Crippen MR) is 122 cm³/mol. The van der Waals surface area contributed by atoms with Gasteiger partial charge in [-0.25, -0.2) is 14.8 Å². The van der Waals surface area contributed by atoms with Gasteiger partial charge in [0.15, 0.2) is 0 Å². The number of aromatic nitrogens is 2. The molecule has 5 rings (SSSR count). The molecule has 9 nitrogen and oxygen atoms in total. The molecule has 32 heavy (non-hydrogen) atoms. The summed E-state index contributed by atoms with van der Waals surface area (Å²) in [5.41, 5.74) is 4.98. The second kappa shape index (κ2) is 8.31. The average molecular weight is 438 g/mol. The highest BCUT2D eigenvalue weighted by atomic mass is 16.5. The molecule has 9 heteroatoms. The number of anilines is 2. The molecule has 2 N–H and O–H groups in total. The fourth-order valence-electron chi connectivity index (χ4n) is 5.25. The molecular formula is C23H31N7O2. The van der Waals surface area contributed by atoms with Gasteiger partial charge in [0.2, 0.25) is 5.95 Å². The Labute approximate surface area is 188 Å². The molecule has 2 aliphatic heterocycles. The summed E-state index contributed by atoms with van der Waals surface area (Å²) in [4.78, 5) is 25.8. The van der Waals surface area contributed by atoms with Crippen LogP contribution in [0.25, 0.3) is 0 Å². The maximum atomic E-state index is 12.9. The molecule has 2 aromatic rings. The van der Waals surface area contributed by atoms with Crippen LogP contribution in [0.5, 0.6) is 0 Å². The Kier molecular flexibility index (Phi) is 5.48. The molecule has 170 valence electrons. The van der Waals surface area contributed by atoms with E-state index in [0.29, 0.717) is 25.8 Å². The Balaban J connectivity index is 1.27. The van der Waals surface area contributed by atoms with Gasteiger partial charge in [-0.05, 0) is 45.3 Å². The molecule has 2 saturated heterocycles. The van der Waals surface area contributed by atoms with E-state index in [1.807, 2.05) is 5.01 Å². The highest BCUT2D eigenvalue weighted by molar-refractivity contribution is 5.95. The van der Waals surface area contributed by atoms with Crippen LogP contribution in [0, 0.1) is 0 Å². The highest BCUT2D eigenvalue weighted by Gasteiger charge is 2.50. The summed E-state index contributed by atoms with van der Waals surface area (Å²) in [5.74, 6) is 0.505. The zero-order valence-electron chi connectivity index (χ0n) is 18.8. The van der Waals surface area contributed by atoms with Crippen molar-refractivity contribution in [1.29, 1.82) is 0 Å². The van der Waals surface area contributed by atoms with E-state index in [1.165, 1.54) is 5.56 Å². The highest BCUT2D eigenvalue weighted by Crippen LogP contribution is 2.46. The summed E-state index contributed by atoms with van der Waals surface area (Å²) in [6, 6.07) is 10.7. The third kappa shape index (κ3) is 3.80. The Morgan fingerprint density at radius 2 is 1.81 bits per heavy atom. The molecule has 3 aliphatic rings. The number of hydrogen-bond donors (Lipinski definition) is 2. The number of nitrogens with one attached hydrogen (secondary N) is 2. The number of amides is 2. The summed E-state index contributed by atoms with van der Waals surface area (Å²) >= 11 is 0. The first kappa shape index (κ1) is 21.1. The molecule has 1 saturated carbocycles. The van der Waals surface area contributed by atoms with Crippen molar-refractivity contribution in [3.05, 3.63) is 48.3 Å². The predicted octanol–water partition coefficient (Wildman–Crippen LogP) is 2.39. The number of ether oxygens (including phenoxy) is 1. The van der Waals surface area contributed by atoms with E-state index >= 15 is 0 Å². The molecule has 3 heterocycles. The fraction of sp³-hybridized carbons (Fsp3) is 0.522. The lowest BCUT2D eigenvalue weighted by Crippen LogP contribution is -2.54. The van der Waals surface area contributed by atoms with Gasteiger partial charge < -0.3 is 10.1 Å². The quantitative estimate of drug-likeness (QED) is 0.743. The van der Waals surface area contributed by atoms with E-state index in [-0.39, 0.29) is 17.1 Å². The normalized spacial score (nSPS) is 28.5. The smallest absolute Gasteiger partial charge is 0.322 e. The minimum Gasteiger partial charge on any atom is -0.363 e. The van der Waals surface area contributed by atoms with Crippen LogP contribution in [0.4, 0.5) is 16.4 Å². The van der Waals surface area contributed by atoms with Crippen LogP contribution in [-0.4, -0.2) is 72.0 Å². The first-order chi connectivity index (χ1) is 15.5. The largest absolute Gasteiger partial charge is 0.363 e. The SMILES string of the molecule is CN(C)C1(c2ccccc2)CCC2(CC1)CN(c1cnc(NN3CCOC3)nc1)C(=O)N2. The molecule has 2 amide bonds. The Bertz CT molecular complexity index is 937. The Hall–Kier alpha value is -2.75. The van der Waals surface area contributed by atoms with Gasteiger partial charge in [-0.2, -0.15) is 5.01 Å². The number of hydrogen-bond acceptors (Lipinski definition) is 7. The Morgan fingerprint density at radius 1 is 1.09 bits per heavy atom. The van der Waals surface area contributed by atoms with E-state index in [2.05, 4.69) is 70.0 Å². The van der Waals surface area contributed by atoms with Crippen LogP contribution in [0.1, 0.15) is 31.2 Å². The lowest BCUT2D eigenvalue weighted by molar-refractivity contribution is 0.0658. The lowest BCUT2D eigenvalue weighted by Gasteiger charge is -2.48. The molecule has 1 spiro atoms. The molecule has 0 unspecified atom stereocenters. The van der Waals surface area contributed by atoms with Crippen LogP contribution in [-0.2, 0) is 10.3 Å². The van der Waals surface area contributed by atoms with Crippen LogP contribution in [0.2, 0.25) is 0 Å². The van der Waals surface area contributed by atoms with Gasteiger partial charge in [0.25, 0.3) is 0 Å². The molecule has 0 radical (unpaired) electrons. The molecule has 0 atom stereocenters. The number of carbonyl (C=O) groups excluding carboxylic acids is 1. The molecule has 1 aromatic carbocycles. The van der Waals surface area contributed by atoms with Gasteiger partial charge in [0.1, 0.15) is 6.73 Å². The van der Waals surface area contributed by atoms with Crippen molar-refractivity contribution in [1.82, 2.24) is 25.2 Å². The number of carbonyl (C=O) groups is 1. The van der Waals surface area contributed by atoms with Crippen molar-refractivity contribution in [2.45, 2.75) is 36.8 Å². The maximum Gasteiger partial charge on any atom is 0.322 e. The molecule has 1 aliphatic carbocycles. The molecule has 3 fully saturated rings. The summed E-state index contributed by atoms with van der Waals surface area (Å²) in [6.45, 7) is 2.64. The summed E-state index contributed by atoms with van der Waals surface area (Å²) < 4.78 is 5.31. The summed E-state index contributed by atoms with van der Waals surface area (Å²) in [6.07, 6.45) is 7.27. The number of urea groups is 1. The van der Waals surface area contributed by atoms with Gasteiger partial charge in [-0.3, -0.25) is 15.2 Å². The van der Waals surface area contributed by atoms with Crippen molar-refractivity contribution >= 4 is 17.7 Å². The van der Waals surface area contributed by atoms with E-state index in [1.54, 1.807) is 17.3 Å². The van der Waals surface area contributed by atoms with Gasteiger partial charge in [0.05, 0.1) is 36.8 Å². The minimum absolute atomic E-state index is 0.000370. The van der Waals surface area contributed by atoms with E-state index < -0.39 is 0 Å². The first-order valence-electron chi connectivity index (χ1n) is 11.2. The van der Waals surface area contributed by atoms with Crippen molar-refractivity contribution in [3.8, 4) is 0 Å². The monoisotopic (exact) mass is 437 g/mol. The molecule has 0 bridgehead atoms. The fourth-order valence-corrected chi connectivity index (χ4v) is 5.25. The standard InChI is InChI=1S/C23H31N7O2/c1-28(2)23(18-6-4-3-5-7-18)10-8-22(9-11-23)16-30(21(31)26-22)19-14-24-20(25-15-19)27-29-12-13-32-17-29/h3-7,14-15H,8-13,16-17H2,1-2H3,(H,26,31)(H,24,25,27). The Morgan fingerprint density at radius 3 is 2.44 bits per heavy atom. The van der Waals surface area contributed by atoms with Crippen molar-refractivity contribution in [2.24, 2.45) is 0 Å². The van der Waals surface area contributed by atoms with Crippen molar-refractivity contribution in [2.75, 3.05) is 50.8 Å². The van der Waals surface area contributed by atoms with Gasteiger partial charge in [-0.1, -0.05) is 30.3 Å². The van der Waals surface area contributed by atoms with Crippen LogP contribution >= 0.6 is 0 Å². The van der Waals surface area contributed by atoms with Crippen LogP contribution in [0.15, 0.2) is 42.7 Å². The second-order valence-corrected chi connectivity index (χ2v) is 9.27. The maximum absolute atomic E-state index is 12.9. The minimum atomic E-state index is -0.213. The number of nitrogens with zero attached hydrogens (tertiary/aromatic N) is 5. The van der Waals surface area contributed by atoms with E-state index in [4.69, 9.17) is 4.74 Å². The zero-order valence-corrected chi connectivity index (χ0v) is 18.8. The van der Waals surface area contributed by atoms with Crippen LogP contribution < -0.4 is 15.6 Å². The topological polar surface area (TPSA) is 85.9 Å². The third-order valence-corrected chi connectivity index (χ3v) is 7.24.